The minimum absolute atomic E-state index is 0.310. The maximum absolute atomic E-state index is 11.8. The quantitative estimate of drug-likeness (QED) is 0.625. The Hall–Kier alpha value is -0.633. The Bertz CT molecular complexity index is 667. The molecule has 21 heavy (non-hydrogen) atoms. The first-order chi connectivity index (χ1) is 9.56. The Kier molecular flexibility index (Phi) is 4.68. The molecular weight excluding hydrogens is 370 g/mol. The molecule has 1 N–H and O–H groups in total. The number of hydrogen-bond acceptors (Lipinski definition) is 3. The van der Waals surface area contributed by atoms with E-state index in [1.165, 1.54) is 0 Å². The van der Waals surface area contributed by atoms with Gasteiger partial charge < -0.3 is 4.18 Å². The van der Waals surface area contributed by atoms with Crippen molar-refractivity contribution in [2.75, 3.05) is 0 Å². The zero-order chi connectivity index (χ0) is 15.8. The van der Waals surface area contributed by atoms with E-state index in [0.717, 1.165) is 21.7 Å². The van der Waals surface area contributed by atoms with E-state index in [1.54, 1.807) is 6.07 Å². The highest BCUT2D eigenvalue weighted by Crippen LogP contribution is 2.37. The number of nitrogens with one attached hydrogen (secondary N) is 1. The van der Waals surface area contributed by atoms with Gasteiger partial charge in [-0.3, -0.25) is 0 Å². The molecule has 2 rings (SSSR count). The summed E-state index contributed by atoms with van der Waals surface area (Å²) < 4.78 is 32.1. The summed E-state index contributed by atoms with van der Waals surface area (Å²) in [6.45, 7) is 10.9. The second-order valence-electron chi connectivity index (χ2n) is 6.58. The minimum atomic E-state index is -3.75. The molecule has 0 aromatic heterocycles. The van der Waals surface area contributed by atoms with E-state index in [4.69, 9.17) is 4.18 Å². The molecule has 1 heterocycles. The molecule has 1 atom stereocenters. The molecule has 0 aliphatic carbocycles. The molecule has 7 heteroatoms. The van der Waals surface area contributed by atoms with E-state index in [9.17, 15) is 8.42 Å². The minimum Gasteiger partial charge on any atom is -0.370 e. The standard InChI is InChI=1S/C14H20BrNO3SSi/c1-10(9-21(2,3)4)7-13-12-6-5-11(15)8-14(12)19-20(17,18)16-13/h5-6,8,13,16H,1,7,9H2,2-4H3/t13-/m0/s1. The monoisotopic (exact) mass is 389 g/mol. The molecule has 1 aromatic carbocycles. The number of fused-ring (bicyclic) bond motifs is 1. The lowest BCUT2D eigenvalue weighted by Gasteiger charge is -2.28. The topological polar surface area (TPSA) is 55.4 Å². The van der Waals surface area contributed by atoms with E-state index < -0.39 is 18.4 Å². The molecule has 0 bridgehead atoms. The molecule has 0 radical (unpaired) electrons. The summed E-state index contributed by atoms with van der Waals surface area (Å²) in [5.41, 5.74) is 1.93. The number of rotatable bonds is 4. The van der Waals surface area contributed by atoms with Gasteiger partial charge in [-0.25, -0.2) is 0 Å². The van der Waals surface area contributed by atoms with Crippen LogP contribution in [0.5, 0.6) is 5.75 Å². The van der Waals surface area contributed by atoms with Crippen LogP contribution in [0, 0.1) is 0 Å². The average molecular weight is 390 g/mol. The normalized spacial score (nSPS) is 20.5. The first-order valence-corrected chi connectivity index (χ1v) is 12.6. The van der Waals surface area contributed by atoms with Gasteiger partial charge in [-0.1, -0.05) is 47.2 Å². The van der Waals surface area contributed by atoms with Crippen molar-refractivity contribution in [1.29, 1.82) is 0 Å². The largest absolute Gasteiger partial charge is 0.383 e. The molecule has 0 fully saturated rings. The third kappa shape index (κ3) is 4.67. The Morgan fingerprint density at radius 2 is 2.10 bits per heavy atom. The maximum Gasteiger partial charge on any atom is 0.383 e. The first kappa shape index (κ1) is 16.7. The summed E-state index contributed by atoms with van der Waals surface area (Å²) in [6, 6.07) is 6.12. The molecule has 1 aromatic rings. The van der Waals surface area contributed by atoms with Gasteiger partial charge >= 0.3 is 10.3 Å². The van der Waals surface area contributed by atoms with Crippen molar-refractivity contribution in [3.8, 4) is 5.75 Å². The highest BCUT2D eigenvalue weighted by molar-refractivity contribution is 9.10. The van der Waals surface area contributed by atoms with Gasteiger partial charge in [0.05, 0.1) is 6.04 Å². The van der Waals surface area contributed by atoms with Gasteiger partial charge in [0, 0.05) is 18.1 Å². The van der Waals surface area contributed by atoms with Crippen LogP contribution in [0.1, 0.15) is 18.0 Å². The lowest BCUT2D eigenvalue weighted by Crippen LogP contribution is -2.37. The fourth-order valence-electron chi connectivity index (χ4n) is 2.51. The van der Waals surface area contributed by atoms with Crippen LogP contribution < -0.4 is 8.91 Å². The lowest BCUT2D eigenvalue weighted by atomic mass is 10.0. The summed E-state index contributed by atoms with van der Waals surface area (Å²) >= 11 is 3.33. The Labute approximate surface area is 136 Å². The molecule has 116 valence electrons. The molecule has 1 aliphatic rings. The highest BCUT2D eigenvalue weighted by Gasteiger charge is 2.31. The van der Waals surface area contributed by atoms with Gasteiger partial charge in [-0.2, -0.15) is 13.1 Å². The third-order valence-electron chi connectivity index (χ3n) is 3.11. The summed E-state index contributed by atoms with van der Waals surface area (Å²) in [5.74, 6) is 0.383. The molecular formula is C14H20BrNO3SSi. The van der Waals surface area contributed by atoms with E-state index in [1.807, 2.05) is 12.1 Å². The van der Waals surface area contributed by atoms with Crippen molar-refractivity contribution in [3.05, 3.63) is 40.4 Å². The fraction of sp³-hybridized carbons (Fsp3) is 0.429. The summed E-state index contributed by atoms with van der Waals surface area (Å²) in [5, 5.41) is 0. The predicted molar refractivity (Wildman–Crippen MR) is 91.5 cm³/mol. The number of hydrogen-bond donors (Lipinski definition) is 1. The van der Waals surface area contributed by atoms with Gasteiger partial charge in [0.1, 0.15) is 5.75 Å². The molecule has 0 spiro atoms. The van der Waals surface area contributed by atoms with Gasteiger partial charge in [0.25, 0.3) is 0 Å². The van der Waals surface area contributed by atoms with Gasteiger partial charge in [-0.05, 0) is 24.6 Å². The maximum atomic E-state index is 11.8. The zero-order valence-corrected chi connectivity index (χ0v) is 15.8. The SMILES string of the molecule is C=C(C[C@@H]1NS(=O)(=O)Oc2cc(Br)ccc21)C[Si](C)(C)C. The van der Waals surface area contributed by atoms with E-state index in [2.05, 4.69) is 46.9 Å². The lowest BCUT2D eigenvalue weighted by molar-refractivity contribution is 0.427. The van der Waals surface area contributed by atoms with Crippen LogP contribution in [0.15, 0.2) is 34.8 Å². The van der Waals surface area contributed by atoms with Crippen molar-refractivity contribution in [2.45, 2.75) is 38.1 Å². The summed E-state index contributed by atoms with van der Waals surface area (Å²) in [7, 11) is -5.01. The number of benzene rings is 1. The van der Waals surface area contributed by atoms with Crippen molar-refractivity contribution >= 4 is 34.3 Å². The molecule has 0 saturated carbocycles. The van der Waals surface area contributed by atoms with Crippen LogP contribution in [-0.4, -0.2) is 16.5 Å². The van der Waals surface area contributed by atoms with E-state index in [0.29, 0.717) is 12.2 Å². The first-order valence-electron chi connectivity index (χ1n) is 6.74. The second kappa shape index (κ2) is 5.87. The highest BCUT2D eigenvalue weighted by atomic mass is 79.9. The Morgan fingerprint density at radius 3 is 2.71 bits per heavy atom. The second-order valence-corrected chi connectivity index (χ2v) is 14.3. The summed E-state index contributed by atoms with van der Waals surface area (Å²) in [6.07, 6.45) is 0.599. The molecule has 4 nitrogen and oxygen atoms in total. The molecule has 1 aliphatic heterocycles. The van der Waals surface area contributed by atoms with Crippen molar-refractivity contribution in [1.82, 2.24) is 4.72 Å². The predicted octanol–water partition coefficient (Wildman–Crippen LogP) is 4.00. The van der Waals surface area contributed by atoms with Crippen molar-refractivity contribution in [2.24, 2.45) is 0 Å². The zero-order valence-electron chi connectivity index (χ0n) is 12.4. The van der Waals surface area contributed by atoms with E-state index in [-0.39, 0.29) is 6.04 Å². The summed E-state index contributed by atoms with van der Waals surface area (Å²) in [4.78, 5) is 0. The third-order valence-corrected chi connectivity index (χ3v) is 6.14. The average Bonchev–Trinajstić information content (AvgIpc) is 2.23. The van der Waals surface area contributed by atoms with Crippen molar-refractivity contribution < 1.29 is 12.6 Å². The van der Waals surface area contributed by atoms with Crippen LogP contribution in [0.4, 0.5) is 0 Å². The van der Waals surface area contributed by atoms with E-state index >= 15 is 0 Å². The number of halogens is 1. The fourth-order valence-corrected chi connectivity index (χ4v) is 5.48. The van der Waals surface area contributed by atoms with Crippen LogP contribution in [0.25, 0.3) is 0 Å². The van der Waals surface area contributed by atoms with Crippen LogP contribution in [0.2, 0.25) is 25.7 Å². The Balaban J connectivity index is 2.26. The van der Waals surface area contributed by atoms with Crippen LogP contribution in [-0.2, 0) is 10.3 Å². The molecule has 0 saturated heterocycles. The van der Waals surface area contributed by atoms with Gasteiger partial charge in [-0.15, -0.1) is 6.58 Å². The smallest absolute Gasteiger partial charge is 0.370 e. The molecule has 0 unspecified atom stereocenters. The Morgan fingerprint density at radius 1 is 1.43 bits per heavy atom. The molecule has 0 amide bonds. The van der Waals surface area contributed by atoms with Gasteiger partial charge in [0.2, 0.25) is 0 Å². The van der Waals surface area contributed by atoms with Gasteiger partial charge in [0.15, 0.2) is 0 Å². The van der Waals surface area contributed by atoms with Crippen LogP contribution >= 0.6 is 15.9 Å². The van der Waals surface area contributed by atoms with Crippen LogP contribution in [0.3, 0.4) is 0 Å². The van der Waals surface area contributed by atoms with Crippen molar-refractivity contribution in [3.63, 3.8) is 0 Å².